The number of halogens is 1. The van der Waals surface area contributed by atoms with Crippen LogP contribution in [0.5, 0.6) is 5.88 Å². The Hall–Kier alpha value is -2.38. The molecule has 0 bridgehead atoms. The fraction of sp³-hybridized carbons (Fsp3) is 0.188. The molecule has 0 amide bonds. The number of aromatic nitrogens is 2. The van der Waals surface area contributed by atoms with Gasteiger partial charge in [-0.15, -0.1) is 0 Å². The van der Waals surface area contributed by atoms with E-state index in [0.717, 1.165) is 5.56 Å². The second-order valence-corrected chi connectivity index (χ2v) is 6.34. The summed E-state index contributed by atoms with van der Waals surface area (Å²) in [7, 11) is 1.28. The molecule has 24 heavy (non-hydrogen) atoms. The van der Waals surface area contributed by atoms with Crippen LogP contribution in [-0.2, 0) is 9.53 Å². The number of esters is 1. The first-order valence-electron chi connectivity index (χ1n) is 7.01. The van der Waals surface area contributed by atoms with Crippen molar-refractivity contribution in [2.24, 2.45) is 0 Å². The molecule has 124 valence electrons. The van der Waals surface area contributed by atoms with E-state index in [1.54, 1.807) is 12.1 Å². The first-order valence-corrected chi connectivity index (χ1v) is 8.33. The van der Waals surface area contributed by atoms with Crippen molar-refractivity contribution in [3.05, 3.63) is 61.7 Å². The molecule has 0 spiro atoms. The van der Waals surface area contributed by atoms with E-state index in [0.29, 0.717) is 5.02 Å². The van der Waals surface area contributed by atoms with E-state index in [4.69, 9.17) is 16.3 Å². The predicted octanol–water partition coefficient (Wildman–Crippen LogP) is 2.81. The quantitative estimate of drug-likeness (QED) is 0.720. The van der Waals surface area contributed by atoms with Gasteiger partial charge in [-0.25, -0.2) is 0 Å². The molecule has 0 aliphatic rings. The van der Waals surface area contributed by atoms with Gasteiger partial charge in [0.1, 0.15) is 5.65 Å². The number of methoxy groups -OCH3 is 1. The monoisotopic (exact) mass is 364 g/mol. The maximum Gasteiger partial charge on any atom is 0.306 e. The number of pyridine rings is 1. The molecule has 0 fully saturated rings. The van der Waals surface area contributed by atoms with E-state index >= 15 is 0 Å². The third-order valence-corrected chi connectivity index (χ3v) is 4.62. The molecule has 3 rings (SSSR count). The Morgan fingerprint density at radius 1 is 1.46 bits per heavy atom. The first-order chi connectivity index (χ1) is 11.5. The van der Waals surface area contributed by atoms with E-state index in [-0.39, 0.29) is 17.6 Å². The Bertz CT molecular complexity index is 953. The van der Waals surface area contributed by atoms with Crippen molar-refractivity contribution in [3.63, 3.8) is 0 Å². The fourth-order valence-electron chi connectivity index (χ4n) is 2.53. The van der Waals surface area contributed by atoms with Crippen molar-refractivity contribution >= 4 is 34.6 Å². The van der Waals surface area contributed by atoms with Gasteiger partial charge >= 0.3 is 5.97 Å². The average molecular weight is 365 g/mol. The highest BCUT2D eigenvalue weighted by Gasteiger charge is 2.27. The zero-order valence-corrected chi connectivity index (χ0v) is 14.2. The molecule has 0 aromatic carbocycles. The summed E-state index contributed by atoms with van der Waals surface area (Å²) in [6.07, 6.45) is 1.35. The van der Waals surface area contributed by atoms with Crippen LogP contribution >= 0.6 is 22.9 Å². The van der Waals surface area contributed by atoms with E-state index in [1.165, 1.54) is 35.1 Å². The lowest BCUT2D eigenvalue weighted by atomic mass is 9.91. The Labute approximate surface area is 145 Å². The highest BCUT2D eigenvalue weighted by molar-refractivity contribution is 7.08. The minimum atomic E-state index is -0.653. The smallest absolute Gasteiger partial charge is 0.306 e. The average Bonchev–Trinajstić information content (AvgIpc) is 3.09. The summed E-state index contributed by atoms with van der Waals surface area (Å²) in [6, 6.07) is 4.91. The first kappa shape index (κ1) is 16.5. The topological polar surface area (TPSA) is 80.9 Å². The van der Waals surface area contributed by atoms with Crippen LogP contribution in [0, 0.1) is 0 Å². The molecular weight excluding hydrogens is 352 g/mol. The molecule has 3 heterocycles. The Morgan fingerprint density at radius 2 is 2.25 bits per heavy atom. The van der Waals surface area contributed by atoms with E-state index < -0.39 is 23.3 Å². The van der Waals surface area contributed by atoms with Crippen molar-refractivity contribution in [1.29, 1.82) is 0 Å². The Balaban J connectivity index is 2.24. The van der Waals surface area contributed by atoms with Gasteiger partial charge < -0.3 is 9.84 Å². The predicted molar refractivity (Wildman–Crippen MR) is 90.9 cm³/mol. The normalized spacial score (nSPS) is 12.2. The zero-order chi connectivity index (χ0) is 17.3. The minimum absolute atomic E-state index is 0.0403. The second-order valence-electron chi connectivity index (χ2n) is 5.12. The molecule has 0 saturated carbocycles. The van der Waals surface area contributed by atoms with Crippen LogP contribution in [0.3, 0.4) is 0 Å². The fourth-order valence-corrected chi connectivity index (χ4v) is 3.40. The lowest BCUT2D eigenvalue weighted by molar-refractivity contribution is -0.140. The van der Waals surface area contributed by atoms with Crippen LogP contribution in [0.15, 0.2) is 40.0 Å². The Morgan fingerprint density at radius 3 is 2.92 bits per heavy atom. The van der Waals surface area contributed by atoms with Crippen LogP contribution in [0.4, 0.5) is 0 Å². The van der Waals surface area contributed by atoms with Crippen molar-refractivity contribution in [3.8, 4) is 5.88 Å². The SMILES string of the molecule is COC(=O)C[C@H](c1ccsc1)c1c(O)nc2ccc(Cl)cn2c1=O. The Kier molecular flexibility index (Phi) is 4.55. The van der Waals surface area contributed by atoms with Crippen LogP contribution in [0.2, 0.25) is 5.02 Å². The van der Waals surface area contributed by atoms with Gasteiger partial charge in [0.2, 0.25) is 5.88 Å². The molecule has 0 radical (unpaired) electrons. The highest BCUT2D eigenvalue weighted by Crippen LogP contribution is 2.32. The summed E-state index contributed by atoms with van der Waals surface area (Å²) in [5.41, 5.74) is 0.577. The number of thiophene rings is 1. The molecule has 8 heteroatoms. The van der Waals surface area contributed by atoms with E-state index in [9.17, 15) is 14.7 Å². The largest absolute Gasteiger partial charge is 0.493 e. The molecule has 0 aliphatic heterocycles. The number of hydrogen-bond donors (Lipinski definition) is 1. The van der Waals surface area contributed by atoms with Crippen LogP contribution in [0.25, 0.3) is 5.65 Å². The lowest BCUT2D eigenvalue weighted by Crippen LogP contribution is -2.24. The molecule has 0 saturated heterocycles. The number of fused-ring (bicyclic) bond motifs is 1. The third-order valence-electron chi connectivity index (χ3n) is 3.69. The minimum Gasteiger partial charge on any atom is -0.493 e. The number of nitrogens with zero attached hydrogens (tertiary/aromatic N) is 2. The number of carbonyl (C=O) groups excluding carboxylic acids is 1. The number of carbonyl (C=O) groups is 1. The van der Waals surface area contributed by atoms with Crippen molar-refractivity contribution < 1.29 is 14.6 Å². The van der Waals surface area contributed by atoms with Crippen molar-refractivity contribution in [2.75, 3.05) is 7.11 Å². The summed E-state index contributed by atoms with van der Waals surface area (Å²) >= 11 is 7.38. The molecule has 6 nitrogen and oxygen atoms in total. The van der Waals surface area contributed by atoms with Gasteiger partial charge in [-0.05, 0) is 34.5 Å². The number of hydrogen-bond acceptors (Lipinski definition) is 6. The summed E-state index contributed by atoms with van der Waals surface area (Å²) in [4.78, 5) is 28.7. The van der Waals surface area contributed by atoms with Gasteiger partial charge in [0, 0.05) is 12.1 Å². The summed E-state index contributed by atoms with van der Waals surface area (Å²) in [5, 5.41) is 14.3. The standard InChI is InChI=1S/C16H13ClN2O4S/c1-23-13(20)6-11(9-4-5-24-8-9)14-15(21)18-12-3-2-10(17)7-19(12)16(14)22/h2-5,7-8,11,21H,6H2,1H3/t11-/m1/s1. The van der Waals surface area contributed by atoms with Crippen molar-refractivity contribution in [2.45, 2.75) is 12.3 Å². The van der Waals surface area contributed by atoms with Gasteiger partial charge in [0.15, 0.2) is 0 Å². The van der Waals surface area contributed by atoms with Gasteiger partial charge in [-0.1, -0.05) is 11.6 Å². The van der Waals surface area contributed by atoms with Gasteiger partial charge in [-0.2, -0.15) is 16.3 Å². The van der Waals surface area contributed by atoms with Gasteiger partial charge in [0.25, 0.3) is 5.56 Å². The van der Waals surface area contributed by atoms with Gasteiger partial charge in [-0.3, -0.25) is 14.0 Å². The number of ether oxygens (including phenoxy) is 1. The molecule has 3 aromatic rings. The molecule has 0 aliphatic carbocycles. The van der Waals surface area contributed by atoms with E-state index in [2.05, 4.69) is 4.98 Å². The second kappa shape index (κ2) is 6.62. The maximum absolute atomic E-state index is 12.9. The van der Waals surface area contributed by atoms with Crippen molar-refractivity contribution in [1.82, 2.24) is 9.38 Å². The summed E-state index contributed by atoms with van der Waals surface area (Å²) in [5.74, 6) is -1.54. The molecule has 0 unspecified atom stereocenters. The molecular formula is C16H13ClN2O4S. The number of rotatable bonds is 4. The maximum atomic E-state index is 12.9. The van der Waals surface area contributed by atoms with Gasteiger partial charge in [0.05, 0.1) is 24.1 Å². The molecule has 3 aromatic heterocycles. The molecule has 1 N–H and O–H groups in total. The lowest BCUT2D eigenvalue weighted by Gasteiger charge is -2.16. The summed E-state index contributed by atoms with van der Waals surface area (Å²) < 4.78 is 5.98. The molecule has 1 atom stereocenters. The number of aromatic hydroxyl groups is 1. The zero-order valence-electron chi connectivity index (χ0n) is 12.6. The van der Waals surface area contributed by atoms with Crippen LogP contribution in [-0.4, -0.2) is 27.6 Å². The van der Waals surface area contributed by atoms with Crippen LogP contribution < -0.4 is 5.56 Å². The highest BCUT2D eigenvalue weighted by atomic mass is 35.5. The van der Waals surface area contributed by atoms with Crippen LogP contribution in [0.1, 0.15) is 23.5 Å². The van der Waals surface area contributed by atoms with E-state index in [1.807, 2.05) is 10.8 Å². The third kappa shape index (κ3) is 3.00. The summed E-state index contributed by atoms with van der Waals surface area (Å²) in [6.45, 7) is 0.